The van der Waals surface area contributed by atoms with E-state index in [9.17, 15) is 9.50 Å². The molecule has 0 amide bonds. The summed E-state index contributed by atoms with van der Waals surface area (Å²) in [6.07, 6.45) is 2.44. The quantitative estimate of drug-likeness (QED) is 0.775. The van der Waals surface area contributed by atoms with Crippen molar-refractivity contribution in [2.45, 2.75) is 36.7 Å². The van der Waals surface area contributed by atoms with Crippen LogP contribution in [0.1, 0.15) is 36.3 Å². The minimum atomic E-state index is -1.42. The van der Waals surface area contributed by atoms with E-state index < -0.39 is 5.50 Å². The predicted octanol–water partition coefficient (Wildman–Crippen LogP) is 3.05. The van der Waals surface area contributed by atoms with Crippen LogP contribution in [0.5, 0.6) is 0 Å². The van der Waals surface area contributed by atoms with Crippen LogP contribution >= 0.6 is 0 Å². The van der Waals surface area contributed by atoms with Crippen molar-refractivity contribution in [3.63, 3.8) is 0 Å². The molecule has 0 saturated carbocycles. The van der Waals surface area contributed by atoms with Crippen molar-refractivity contribution < 1.29 is 9.50 Å². The van der Waals surface area contributed by atoms with E-state index in [1.165, 1.54) is 35.5 Å². The van der Waals surface area contributed by atoms with E-state index >= 15 is 0 Å². The van der Waals surface area contributed by atoms with Gasteiger partial charge in [0.15, 0.2) is 0 Å². The molecular formula is C24H29BFN3O. The van der Waals surface area contributed by atoms with Crippen molar-refractivity contribution in [3.8, 4) is 0 Å². The number of rotatable bonds is 5. The molecule has 5 rings (SSSR count). The van der Waals surface area contributed by atoms with Gasteiger partial charge in [0.2, 0.25) is 0 Å². The number of para-hydroxylation sites is 1. The topological polar surface area (TPSA) is 30.0 Å². The van der Waals surface area contributed by atoms with Crippen LogP contribution in [0.4, 0.5) is 15.8 Å². The first-order chi connectivity index (χ1) is 14.4. The Balaban J connectivity index is 1.23. The summed E-state index contributed by atoms with van der Waals surface area (Å²) in [7, 11) is 8.32. The summed E-state index contributed by atoms with van der Waals surface area (Å²) in [6.45, 7) is 5.25. The molecule has 3 aliphatic heterocycles. The smallest absolute Gasteiger partial charge is 0.123 e. The summed E-state index contributed by atoms with van der Waals surface area (Å²) in [4.78, 5) is 7.55. The zero-order valence-electron chi connectivity index (χ0n) is 17.6. The molecule has 4 nitrogen and oxygen atoms in total. The average Bonchev–Trinajstić information content (AvgIpc) is 3.05. The monoisotopic (exact) mass is 405 g/mol. The van der Waals surface area contributed by atoms with Crippen LogP contribution in [0, 0.1) is 5.82 Å². The highest BCUT2D eigenvalue weighted by Crippen LogP contribution is 2.50. The maximum Gasteiger partial charge on any atom is 0.123 e. The number of likely N-dealkylation sites (N-methyl/N-ethyl adjacent to an activating group) is 1. The number of fused-ring (bicyclic) bond motifs is 3. The summed E-state index contributed by atoms with van der Waals surface area (Å²) in [5, 5.41) is 10.6. The van der Waals surface area contributed by atoms with Gasteiger partial charge in [-0.1, -0.05) is 24.3 Å². The fraction of sp³-hybridized carbons (Fsp3) is 0.500. The Morgan fingerprint density at radius 2 is 1.93 bits per heavy atom. The van der Waals surface area contributed by atoms with Crippen LogP contribution in [0.3, 0.4) is 0 Å². The van der Waals surface area contributed by atoms with Crippen LogP contribution in [0.2, 0.25) is 0 Å². The zero-order valence-corrected chi connectivity index (χ0v) is 17.6. The second kappa shape index (κ2) is 7.58. The van der Waals surface area contributed by atoms with Gasteiger partial charge in [-0.15, -0.1) is 0 Å². The summed E-state index contributed by atoms with van der Waals surface area (Å²) in [5.74, 6) is 0.232. The van der Waals surface area contributed by atoms with Gasteiger partial charge in [-0.2, -0.15) is 0 Å². The molecule has 2 aromatic rings. The molecule has 1 N–H and O–H groups in total. The van der Waals surface area contributed by atoms with Crippen molar-refractivity contribution in [3.05, 3.63) is 59.4 Å². The van der Waals surface area contributed by atoms with E-state index in [-0.39, 0.29) is 5.82 Å². The Bertz CT molecular complexity index is 919. The van der Waals surface area contributed by atoms with Gasteiger partial charge in [-0.05, 0) is 55.1 Å². The summed E-state index contributed by atoms with van der Waals surface area (Å²) >= 11 is 0. The number of benzene rings is 2. The Labute approximate surface area is 179 Å². The lowest BCUT2D eigenvalue weighted by atomic mass is 9.72. The standard InChI is InChI=1S/C24H29BFN3O/c1-27-14-15-29-21-10-13-28(16-20(21)19-4-2-5-22(27)23(19)29)12-3-11-24(25,30)17-6-8-18(26)9-7-17/h2,4-9,20-21,30H,3,10-16H2,1H3/t20-,21-,24?/m0/s1. The molecule has 0 aliphatic carbocycles. The maximum atomic E-state index is 13.2. The molecule has 0 aromatic heterocycles. The molecule has 1 unspecified atom stereocenters. The lowest BCUT2D eigenvalue weighted by Gasteiger charge is -2.41. The fourth-order valence-electron chi connectivity index (χ4n) is 5.63. The van der Waals surface area contributed by atoms with Crippen LogP contribution in [-0.2, 0) is 5.50 Å². The van der Waals surface area contributed by atoms with Gasteiger partial charge >= 0.3 is 0 Å². The summed E-state index contributed by atoms with van der Waals surface area (Å²) in [6, 6.07) is 13.2. The van der Waals surface area contributed by atoms with Gasteiger partial charge in [0, 0.05) is 50.7 Å². The molecule has 30 heavy (non-hydrogen) atoms. The number of aliphatic hydroxyl groups is 1. The van der Waals surface area contributed by atoms with Gasteiger partial charge in [-0.3, -0.25) is 0 Å². The molecule has 2 radical (unpaired) electrons. The number of halogens is 1. The van der Waals surface area contributed by atoms with Gasteiger partial charge in [0.05, 0.1) is 11.4 Å². The highest BCUT2D eigenvalue weighted by Gasteiger charge is 2.44. The second-order valence-corrected chi connectivity index (χ2v) is 9.13. The van der Waals surface area contributed by atoms with Crippen LogP contribution in [0.15, 0.2) is 42.5 Å². The van der Waals surface area contributed by atoms with E-state index in [4.69, 9.17) is 7.85 Å². The first-order valence-electron chi connectivity index (χ1n) is 11.0. The van der Waals surface area contributed by atoms with Gasteiger partial charge in [0.1, 0.15) is 13.7 Å². The minimum absolute atomic E-state index is 0.318. The van der Waals surface area contributed by atoms with E-state index in [0.717, 1.165) is 39.1 Å². The van der Waals surface area contributed by atoms with Crippen molar-refractivity contribution in [2.75, 3.05) is 49.6 Å². The second-order valence-electron chi connectivity index (χ2n) is 9.13. The van der Waals surface area contributed by atoms with Crippen molar-refractivity contribution >= 4 is 19.2 Å². The molecule has 2 aromatic carbocycles. The zero-order chi connectivity index (χ0) is 20.9. The molecule has 3 aliphatic rings. The molecule has 0 bridgehead atoms. The maximum absolute atomic E-state index is 13.2. The molecule has 6 heteroatoms. The lowest BCUT2D eigenvalue weighted by Crippen LogP contribution is -2.49. The van der Waals surface area contributed by atoms with Crippen LogP contribution in [0.25, 0.3) is 0 Å². The predicted molar refractivity (Wildman–Crippen MR) is 120 cm³/mol. The minimum Gasteiger partial charge on any atom is -0.395 e. The number of hydrogen-bond donors (Lipinski definition) is 1. The molecule has 1 fully saturated rings. The first kappa shape index (κ1) is 19.9. The molecule has 0 spiro atoms. The largest absolute Gasteiger partial charge is 0.395 e. The van der Waals surface area contributed by atoms with Gasteiger partial charge in [-0.25, -0.2) is 4.39 Å². The average molecular weight is 405 g/mol. The van der Waals surface area contributed by atoms with Crippen LogP contribution in [-0.4, -0.2) is 63.7 Å². The van der Waals surface area contributed by atoms with Crippen LogP contribution < -0.4 is 9.80 Å². The van der Waals surface area contributed by atoms with Crippen molar-refractivity contribution in [1.29, 1.82) is 0 Å². The number of nitrogens with zero attached hydrogens (tertiary/aromatic N) is 3. The number of hydrogen-bond acceptors (Lipinski definition) is 4. The van der Waals surface area contributed by atoms with Crippen molar-refractivity contribution in [2.24, 2.45) is 0 Å². The fourth-order valence-corrected chi connectivity index (χ4v) is 5.63. The van der Waals surface area contributed by atoms with E-state index in [2.05, 4.69) is 39.9 Å². The Kier molecular flexibility index (Phi) is 5.02. The third kappa shape index (κ3) is 3.40. The molecule has 3 heterocycles. The van der Waals surface area contributed by atoms with E-state index in [0.29, 0.717) is 23.9 Å². The molecular weight excluding hydrogens is 376 g/mol. The molecule has 1 saturated heterocycles. The highest BCUT2D eigenvalue weighted by atomic mass is 19.1. The number of likely N-dealkylation sites (tertiary alicyclic amines) is 1. The third-order valence-corrected chi connectivity index (χ3v) is 7.26. The molecule has 156 valence electrons. The Morgan fingerprint density at radius 1 is 1.13 bits per heavy atom. The summed E-state index contributed by atoms with van der Waals surface area (Å²) < 4.78 is 13.2. The SMILES string of the molecule is [B]C(O)(CCCN1CC[C@H]2[C@@H](C1)c1cccc3c1N2CCN3C)c1ccc(F)cc1. The Hall–Kier alpha value is -2.05. The van der Waals surface area contributed by atoms with Crippen molar-refractivity contribution in [1.82, 2.24) is 4.90 Å². The highest BCUT2D eigenvalue weighted by molar-refractivity contribution is 6.14. The Morgan fingerprint density at radius 3 is 2.73 bits per heavy atom. The first-order valence-corrected chi connectivity index (χ1v) is 11.0. The molecule has 3 atom stereocenters. The lowest BCUT2D eigenvalue weighted by molar-refractivity contribution is 0.105. The van der Waals surface area contributed by atoms with E-state index in [1.54, 1.807) is 12.1 Å². The summed E-state index contributed by atoms with van der Waals surface area (Å²) in [5.41, 5.74) is 3.47. The van der Waals surface area contributed by atoms with E-state index in [1.807, 2.05) is 0 Å². The number of piperidine rings is 1. The number of anilines is 2. The third-order valence-electron chi connectivity index (χ3n) is 7.26. The normalized spacial score (nSPS) is 25.0. The van der Waals surface area contributed by atoms with Gasteiger partial charge in [0.25, 0.3) is 0 Å². The van der Waals surface area contributed by atoms with Gasteiger partial charge < -0.3 is 19.8 Å².